The topological polar surface area (TPSA) is 111 Å². The average Bonchev–Trinajstić information content (AvgIpc) is 3.01. The summed E-state index contributed by atoms with van der Waals surface area (Å²) in [5, 5.41) is 11.8. The molecule has 1 amide bonds. The van der Waals surface area contributed by atoms with Crippen LogP contribution < -0.4 is 10.0 Å². The van der Waals surface area contributed by atoms with E-state index >= 15 is 0 Å². The molecule has 0 aliphatic carbocycles. The van der Waals surface area contributed by atoms with E-state index in [1.165, 1.54) is 30.3 Å². The third-order valence-electron chi connectivity index (χ3n) is 4.55. The Kier molecular flexibility index (Phi) is 6.99. The van der Waals surface area contributed by atoms with E-state index in [9.17, 15) is 13.2 Å². The molecule has 1 heterocycles. The number of nitriles is 1. The molecule has 0 unspecified atom stereocenters. The van der Waals surface area contributed by atoms with E-state index in [1.807, 2.05) is 0 Å². The van der Waals surface area contributed by atoms with E-state index in [4.69, 9.17) is 5.26 Å². The van der Waals surface area contributed by atoms with Gasteiger partial charge in [-0.05, 0) is 54.8 Å². The Morgan fingerprint density at radius 1 is 1.07 bits per heavy atom. The lowest BCUT2D eigenvalue weighted by atomic mass is 10.1. The molecule has 0 spiro atoms. The Labute approximate surface area is 176 Å². The van der Waals surface area contributed by atoms with Gasteiger partial charge in [0.2, 0.25) is 5.91 Å². The predicted molar refractivity (Wildman–Crippen MR) is 116 cm³/mol. The molecular formula is C22H22N4O3S. The predicted octanol–water partition coefficient (Wildman–Crippen LogP) is 3.46. The smallest absolute Gasteiger partial charge is 0.262 e. The number of amidine groups is 1. The number of carbonyl (C=O) groups excluding carboxylic acids is 1. The number of aliphatic imine (C=N–C) groups is 1. The van der Waals surface area contributed by atoms with Crippen LogP contribution in [0.4, 0.5) is 5.69 Å². The van der Waals surface area contributed by atoms with Crippen LogP contribution in [-0.2, 0) is 14.8 Å². The van der Waals surface area contributed by atoms with Crippen molar-refractivity contribution in [2.45, 2.75) is 30.6 Å². The third-order valence-corrected chi connectivity index (χ3v) is 5.95. The molecule has 1 aliphatic heterocycles. The van der Waals surface area contributed by atoms with Gasteiger partial charge in [-0.25, -0.2) is 8.42 Å². The van der Waals surface area contributed by atoms with Gasteiger partial charge in [-0.1, -0.05) is 24.6 Å². The highest BCUT2D eigenvalue weighted by Crippen LogP contribution is 2.16. The fourth-order valence-corrected chi connectivity index (χ4v) is 4.07. The van der Waals surface area contributed by atoms with Gasteiger partial charge in [0.15, 0.2) is 0 Å². The minimum absolute atomic E-state index is 0.103. The van der Waals surface area contributed by atoms with E-state index < -0.39 is 10.0 Å². The lowest BCUT2D eigenvalue weighted by molar-refractivity contribution is -0.111. The number of rotatable bonds is 5. The van der Waals surface area contributed by atoms with Crippen LogP contribution in [0, 0.1) is 11.3 Å². The van der Waals surface area contributed by atoms with Crippen LogP contribution >= 0.6 is 0 Å². The number of anilines is 1. The zero-order valence-electron chi connectivity index (χ0n) is 16.3. The Balaban J connectivity index is 1.63. The van der Waals surface area contributed by atoms with Gasteiger partial charge in [-0.15, -0.1) is 0 Å². The largest absolute Gasteiger partial charge is 0.323 e. The summed E-state index contributed by atoms with van der Waals surface area (Å²) in [4.78, 5) is 16.5. The summed E-state index contributed by atoms with van der Waals surface area (Å²) in [5.74, 6) is 0.108. The second-order valence-corrected chi connectivity index (χ2v) is 8.47. The van der Waals surface area contributed by atoms with Gasteiger partial charge in [-0.2, -0.15) is 5.26 Å². The average molecular weight is 423 g/mol. The Morgan fingerprint density at radius 2 is 1.83 bits per heavy atom. The first-order valence-electron chi connectivity index (χ1n) is 9.62. The van der Waals surface area contributed by atoms with Crippen LogP contribution in [0.5, 0.6) is 0 Å². The van der Waals surface area contributed by atoms with Gasteiger partial charge < -0.3 is 5.32 Å². The second-order valence-electron chi connectivity index (χ2n) is 6.79. The van der Waals surface area contributed by atoms with Gasteiger partial charge >= 0.3 is 0 Å². The summed E-state index contributed by atoms with van der Waals surface area (Å²) in [5.41, 5.74) is 1.58. The monoisotopic (exact) mass is 422 g/mol. The van der Waals surface area contributed by atoms with Crippen molar-refractivity contribution in [2.24, 2.45) is 4.99 Å². The summed E-state index contributed by atoms with van der Waals surface area (Å²) in [6.45, 7) is 0.634. The molecule has 30 heavy (non-hydrogen) atoms. The maximum absolute atomic E-state index is 12.5. The van der Waals surface area contributed by atoms with Crippen molar-refractivity contribution < 1.29 is 13.2 Å². The highest BCUT2D eigenvalue weighted by atomic mass is 32.2. The number of amides is 1. The van der Waals surface area contributed by atoms with Crippen LogP contribution in [0.25, 0.3) is 6.08 Å². The van der Waals surface area contributed by atoms with E-state index in [0.29, 0.717) is 35.6 Å². The van der Waals surface area contributed by atoms with Gasteiger partial charge in [0.1, 0.15) is 5.84 Å². The Bertz CT molecular complexity index is 1110. The van der Waals surface area contributed by atoms with Crippen LogP contribution in [0.2, 0.25) is 0 Å². The quantitative estimate of drug-likeness (QED) is 0.719. The minimum atomic E-state index is -3.71. The summed E-state index contributed by atoms with van der Waals surface area (Å²) >= 11 is 0. The lowest BCUT2D eigenvalue weighted by Crippen LogP contribution is -2.30. The SMILES string of the molecule is N#Cc1ccccc1/C=C/C(=O)Nc1ccc(S(=O)(=O)NC2=NCCCCC2)cc1. The number of hydrogen-bond acceptors (Lipinski definition) is 5. The maximum Gasteiger partial charge on any atom is 0.262 e. The van der Waals surface area contributed by atoms with Gasteiger partial charge in [0.05, 0.1) is 16.5 Å². The van der Waals surface area contributed by atoms with E-state index in [1.54, 1.807) is 30.3 Å². The zero-order valence-corrected chi connectivity index (χ0v) is 17.2. The molecule has 0 atom stereocenters. The maximum atomic E-state index is 12.5. The highest BCUT2D eigenvalue weighted by Gasteiger charge is 2.17. The fourth-order valence-electron chi connectivity index (χ4n) is 2.98. The number of sulfonamides is 1. The van der Waals surface area contributed by atoms with Crippen molar-refractivity contribution in [3.63, 3.8) is 0 Å². The van der Waals surface area contributed by atoms with Crippen LogP contribution in [0.15, 0.2) is 64.5 Å². The number of carbonyl (C=O) groups is 1. The molecule has 7 nitrogen and oxygen atoms in total. The summed E-state index contributed by atoms with van der Waals surface area (Å²) in [6.07, 6.45) is 6.43. The van der Waals surface area contributed by atoms with Gasteiger partial charge in [-0.3, -0.25) is 14.5 Å². The van der Waals surface area contributed by atoms with Crippen molar-refractivity contribution >= 4 is 33.5 Å². The van der Waals surface area contributed by atoms with E-state index in [-0.39, 0.29) is 10.8 Å². The molecule has 2 N–H and O–H groups in total. The summed E-state index contributed by atoms with van der Waals surface area (Å²) in [7, 11) is -3.71. The second kappa shape index (κ2) is 9.85. The van der Waals surface area contributed by atoms with Crippen molar-refractivity contribution in [3.8, 4) is 6.07 Å². The molecule has 0 fully saturated rings. The Hall–Kier alpha value is -3.44. The molecule has 2 aromatic rings. The van der Waals surface area contributed by atoms with Gasteiger partial charge in [0.25, 0.3) is 10.0 Å². The van der Waals surface area contributed by atoms with Crippen molar-refractivity contribution in [1.29, 1.82) is 5.26 Å². The van der Waals surface area contributed by atoms with Crippen LogP contribution in [0.3, 0.4) is 0 Å². The first-order valence-corrected chi connectivity index (χ1v) is 11.1. The summed E-state index contributed by atoms with van der Waals surface area (Å²) < 4.78 is 27.7. The third kappa shape index (κ3) is 5.78. The molecule has 1 aliphatic rings. The molecule has 0 saturated heterocycles. The van der Waals surface area contributed by atoms with Crippen molar-refractivity contribution in [1.82, 2.24) is 4.72 Å². The molecule has 0 saturated carbocycles. The molecule has 8 heteroatoms. The molecule has 3 rings (SSSR count). The first kappa shape index (κ1) is 21.3. The number of benzene rings is 2. The fraction of sp³-hybridized carbons (Fsp3) is 0.227. The van der Waals surface area contributed by atoms with E-state index in [2.05, 4.69) is 21.1 Å². The molecule has 0 aromatic heterocycles. The minimum Gasteiger partial charge on any atom is -0.323 e. The Morgan fingerprint density at radius 3 is 2.60 bits per heavy atom. The standard InChI is InChI=1S/C22H22N4O3S/c23-16-18-7-4-3-6-17(18)9-14-22(27)25-19-10-12-20(13-11-19)30(28,29)26-21-8-2-1-5-15-24-21/h3-4,6-7,9-14H,1-2,5,8,15H2,(H,24,26)(H,25,27)/b14-9+. The van der Waals surface area contributed by atoms with Crippen LogP contribution in [0.1, 0.15) is 36.8 Å². The first-order chi connectivity index (χ1) is 14.5. The molecule has 154 valence electrons. The zero-order chi connectivity index (χ0) is 21.4. The lowest BCUT2D eigenvalue weighted by Gasteiger charge is -2.10. The van der Waals surface area contributed by atoms with Crippen LogP contribution in [-0.4, -0.2) is 26.7 Å². The molecule has 0 radical (unpaired) electrons. The normalized spacial score (nSPS) is 14.4. The van der Waals surface area contributed by atoms with Crippen molar-refractivity contribution in [2.75, 3.05) is 11.9 Å². The number of nitrogens with one attached hydrogen (secondary N) is 2. The highest BCUT2D eigenvalue weighted by molar-refractivity contribution is 7.90. The van der Waals surface area contributed by atoms with Crippen molar-refractivity contribution in [3.05, 3.63) is 65.7 Å². The number of nitrogens with zero attached hydrogens (tertiary/aromatic N) is 2. The van der Waals surface area contributed by atoms with E-state index in [0.717, 1.165) is 19.3 Å². The van der Waals surface area contributed by atoms with Gasteiger partial charge in [0, 0.05) is 24.7 Å². The summed E-state index contributed by atoms with van der Waals surface area (Å²) in [6, 6.07) is 14.9. The molecule has 0 bridgehead atoms. The number of hydrogen-bond donors (Lipinski definition) is 2. The molecule has 2 aromatic carbocycles. The molecular weight excluding hydrogens is 400 g/mol.